The number of hydrogen-bond acceptors (Lipinski definition) is 4. The first-order valence-electron chi connectivity index (χ1n) is 4.16. The van der Waals surface area contributed by atoms with Gasteiger partial charge >= 0.3 is 0 Å². The first-order chi connectivity index (χ1) is 6.74. The molecule has 1 rings (SSSR count). The number of nitro benzene ring substituents is 1. The van der Waals surface area contributed by atoms with Crippen LogP contribution in [0.1, 0.15) is 6.42 Å². The lowest BCUT2D eigenvalue weighted by Gasteiger charge is -2.02. The molecule has 74 valence electrons. The van der Waals surface area contributed by atoms with Crippen molar-refractivity contribution >= 4 is 17.7 Å². The topological polar surface area (TPSA) is 72.2 Å². The van der Waals surface area contributed by atoms with E-state index in [4.69, 9.17) is 0 Å². The van der Waals surface area contributed by atoms with Crippen molar-refractivity contribution < 1.29 is 9.72 Å². The zero-order valence-corrected chi connectivity index (χ0v) is 7.47. The van der Waals surface area contributed by atoms with Crippen LogP contribution in [-0.4, -0.2) is 17.8 Å². The Labute approximate surface area is 80.9 Å². The quantitative estimate of drug-likeness (QED) is 0.334. The summed E-state index contributed by atoms with van der Waals surface area (Å²) in [5.74, 6) is 0. The van der Waals surface area contributed by atoms with Crippen LogP contribution >= 0.6 is 0 Å². The summed E-state index contributed by atoms with van der Waals surface area (Å²) in [4.78, 5) is 19.9. The maximum Gasteiger partial charge on any atom is 0.269 e. The van der Waals surface area contributed by atoms with Gasteiger partial charge in [0.15, 0.2) is 0 Å². The van der Waals surface area contributed by atoms with E-state index >= 15 is 0 Å². The molecule has 1 aromatic rings. The molecular formula is C9H10N2O3. The molecule has 1 aromatic carbocycles. The zero-order valence-electron chi connectivity index (χ0n) is 7.47. The second kappa shape index (κ2) is 4.96. The van der Waals surface area contributed by atoms with E-state index in [0.717, 1.165) is 12.0 Å². The smallest absolute Gasteiger partial charge is 0.269 e. The molecule has 0 aromatic heterocycles. The van der Waals surface area contributed by atoms with Crippen LogP contribution < -0.4 is 5.32 Å². The number of carbonyl (C=O) groups is 1. The monoisotopic (exact) mass is 194 g/mol. The minimum absolute atomic E-state index is 0.0611. The van der Waals surface area contributed by atoms with Gasteiger partial charge in [-0.15, -0.1) is 0 Å². The summed E-state index contributed by atoms with van der Waals surface area (Å²) >= 11 is 0. The Bertz CT molecular complexity index is 321. The van der Waals surface area contributed by atoms with Crippen LogP contribution in [0.25, 0.3) is 0 Å². The van der Waals surface area contributed by atoms with Gasteiger partial charge in [0.25, 0.3) is 5.69 Å². The van der Waals surface area contributed by atoms with Crippen molar-refractivity contribution in [3.05, 3.63) is 34.4 Å². The SMILES string of the molecule is O=CCCNc1ccc([N+](=O)[O-])cc1. The summed E-state index contributed by atoms with van der Waals surface area (Å²) in [7, 11) is 0. The number of hydrogen-bond donors (Lipinski definition) is 1. The van der Waals surface area contributed by atoms with Crippen LogP contribution in [0, 0.1) is 10.1 Å². The highest BCUT2D eigenvalue weighted by atomic mass is 16.6. The van der Waals surface area contributed by atoms with Gasteiger partial charge in [0.2, 0.25) is 0 Å². The summed E-state index contributed by atoms with van der Waals surface area (Å²) in [6, 6.07) is 6.07. The largest absolute Gasteiger partial charge is 0.385 e. The van der Waals surface area contributed by atoms with Gasteiger partial charge in [-0.2, -0.15) is 0 Å². The van der Waals surface area contributed by atoms with Crippen LogP contribution in [0.5, 0.6) is 0 Å². The lowest BCUT2D eigenvalue weighted by molar-refractivity contribution is -0.384. The highest BCUT2D eigenvalue weighted by Gasteiger charge is 2.02. The van der Waals surface area contributed by atoms with E-state index in [1.54, 1.807) is 12.1 Å². The van der Waals surface area contributed by atoms with E-state index in [-0.39, 0.29) is 5.69 Å². The van der Waals surface area contributed by atoms with Gasteiger partial charge in [0.1, 0.15) is 6.29 Å². The first kappa shape index (κ1) is 10.2. The molecule has 0 saturated carbocycles. The van der Waals surface area contributed by atoms with Gasteiger partial charge in [-0.25, -0.2) is 0 Å². The molecule has 0 saturated heterocycles. The maximum atomic E-state index is 10.3. The van der Waals surface area contributed by atoms with E-state index in [1.807, 2.05) is 0 Å². The second-order valence-corrected chi connectivity index (χ2v) is 2.69. The highest BCUT2D eigenvalue weighted by molar-refractivity contribution is 5.52. The van der Waals surface area contributed by atoms with E-state index in [2.05, 4.69) is 5.32 Å². The molecule has 0 aliphatic carbocycles. The van der Waals surface area contributed by atoms with Crippen LogP contribution in [0.3, 0.4) is 0 Å². The fourth-order valence-corrected chi connectivity index (χ4v) is 0.976. The van der Waals surface area contributed by atoms with E-state index in [0.29, 0.717) is 13.0 Å². The Morgan fingerprint density at radius 1 is 1.36 bits per heavy atom. The summed E-state index contributed by atoms with van der Waals surface area (Å²) < 4.78 is 0. The Morgan fingerprint density at radius 3 is 2.50 bits per heavy atom. The molecule has 5 nitrogen and oxygen atoms in total. The van der Waals surface area contributed by atoms with Crippen molar-refractivity contribution in [1.29, 1.82) is 0 Å². The van der Waals surface area contributed by atoms with Crippen molar-refractivity contribution in [2.45, 2.75) is 6.42 Å². The summed E-state index contributed by atoms with van der Waals surface area (Å²) in [6.07, 6.45) is 1.25. The molecule has 1 N–H and O–H groups in total. The average Bonchev–Trinajstić information content (AvgIpc) is 2.19. The van der Waals surface area contributed by atoms with Gasteiger partial charge < -0.3 is 10.1 Å². The number of non-ortho nitro benzene ring substituents is 1. The number of rotatable bonds is 5. The Hall–Kier alpha value is -1.91. The fourth-order valence-electron chi connectivity index (χ4n) is 0.976. The third kappa shape index (κ3) is 2.85. The number of nitro groups is 1. The Morgan fingerprint density at radius 2 is 2.00 bits per heavy atom. The van der Waals surface area contributed by atoms with Crippen LogP contribution in [-0.2, 0) is 4.79 Å². The lowest BCUT2D eigenvalue weighted by Crippen LogP contribution is -2.01. The minimum atomic E-state index is -0.449. The molecule has 0 unspecified atom stereocenters. The minimum Gasteiger partial charge on any atom is -0.385 e. The summed E-state index contributed by atoms with van der Waals surface area (Å²) in [5, 5.41) is 13.3. The number of nitrogens with zero attached hydrogens (tertiary/aromatic N) is 1. The molecule has 0 bridgehead atoms. The predicted octanol–water partition coefficient (Wildman–Crippen LogP) is 1.60. The fraction of sp³-hybridized carbons (Fsp3) is 0.222. The number of aldehydes is 1. The lowest BCUT2D eigenvalue weighted by atomic mass is 10.3. The number of carbonyl (C=O) groups excluding carboxylic acids is 1. The summed E-state index contributed by atoms with van der Waals surface area (Å²) in [5.41, 5.74) is 0.836. The molecule has 0 spiro atoms. The molecule has 0 aliphatic rings. The molecule has 5 heteroatoms. The molecule has 0 heterocycles. The standard InChI is InChI=1S/C9H10N2O3/c12-7-1-6-10-8-2-4-9(5-3-8)11(13)14/h2-5,7,10H,1,6H2. The number of anilines is 1. The van der Waals surface area contributed by atoms with Gasteiger partial charge in [0.05, 0.1) is 4.92 Å². The number of nitrogens with one attached hydrogen (secondary N) is 1. The van der Waals surface area contributed by atoms with Crippen molar-refractivity contribution in [3.8, 4) is 0 Å². The second-order valence-electron chi connectivity index (χ2n) is 2.69. The van der Waals surface area contributed by atoms with E-state index in [1.165, 1.54) is 12.1 Å². The Balaban J connectivity index is 2.55. The average molecular weight is 194 g/mol. The van der Waals surface area contributed by atoms with Crippen LogP contribution in [0.2, 0.25) is 0 Å². The summed E-state index contributed by atoms with van der Waals surface area (Å²) in [6.45, 7) is 0.543. The molecule has 14 heavy (non-hydrogen) atoms. The molecule has 0 radical (unpaired) electrons. The molecule has 0 fully saturated rings. The van der Waals surface area contributed by atoms with Crippen molar-refractivity contribution in [1.82, 2.24) is 0 Å². The van der Waals surface area contributed by atoms with Crippen molar-refractivity contribution in [2.24, 2.45) is 0 Å². The van der Waals surface area contributed by atoms with Crippen LogP contribution in [0.4, 0.5) is 11.4 Å². The van der Waals surface area contributed by atoms with Crippen molar-refractivity contribution in [2.75, 3.05) is 11.9 Å². The van der Waals surface area contributed by atoms with Gasteiger partial charge in [-0.05, 0) is 12.1 Å². The molecule has 0 amide bonds. The third-order valence-electron chi connectivity index (χ3n) is 1.67. The van der Waals surface area contributed by atoms with E-state index in [9.17, 15) is 14.9 Å². The Kier molecular flexibility index (Phi) is 3.60. The maximum absolute atomic E-state index is 10.3. The predicted molar refractivity (Wildman–Crippen MR) is 52.3 cm³/mol. The normalized spacial score (nSPS) is 9.43. The van der Waals surface area contributed by atoms with Gasteiger partial charge in [-0.1, -0.05) is 0 Å². The highest BCUT2D eigenvalue weighted by Crippen LogP contribution is 2.14. The van der Waals surface area contributed by atoms with Crippen molar-refractivity contribution in [3.63, 3.8) is 0 Å². The van der Waals surface area contributed by atoms with E-state index < -0.39 is 4.92 Å². The van der Waals surface area contributed by atoms with Gasteiger partial charge in [0, 0.05) is 30.8 Å². The molecule has 0 aliphatic heterocycles. The zero-order chi connectivity index (χ0) is 10.4. The number of benzene rings is 1. The molecule has 0 atom stereocenters. The third-order valence-corrected chi connectivity index (χ3v) is 1.67. The van der Waals surface area contributed by atoms with Crippen LogP contribution in [0.15, 0.2) is 24.3 Å². The molecular weight excluding hydrogens is 184 g/mol. The first-order valence-corrected chi connectivity index (χ1v) is 4.16. The van der Waals surface area contributed by atoms with Gasteiger partial charge in [-0.3, -0.25) is 10.1 Å².